The summed E-state index contributed by atoms with van der Waals surface area (Å²) < 4.78 is 5.95. The number of aliphatic hydroxyl groups is 1. The van der Waals surface area contributed by atoms with Gasteiger partial charge in [-0.25, -0.2) is 4.98 Å². The molecule has 0 aliphatic carbocycles. The zero-order valence-corrected chi connectivity index (χ0v) is 10.8. The van der Waals surface area contributed by atoms with Crippen molar-refractivity contribution in [2.75, 3.05) is 6.61 Å². The molecule has 1 atom stereocenters. The van der Waals surface area contributed by atoms with Gasteiger partial charge in [0.2, 0.25) is 0 Å². The molecule has 17 heavy (non-hydrogen) atoms. The van der Waals surface area contributed by atoms with Crippen LogP contribution in [0.25, 0.3) is 0 Å². The molecule has 0 aliphatic heterocycles. The molecule has 0 aliphatic rings. The van der Waals surface area contributed by atoms with E-state index in [0.717, 1.165) is 11.3 Å². The highest BCUT2D eigenvalue weighted by Gasteiger charge is 2.14. The van der Waals surface area contributed by atoms with Gasteiger partial charge in [-0.15, -0.1) is 11.3 Å². The average Bonchev–Trinajstić information content (AvgIpc) is 2.76. The lowest BCUT2D eigenvalue weighted by molar-refractivity contribution is 0.219. The van der Waals surface area contributed by atoms with Gasteiger partial charge in [0.15, 0.2) is 0 Å². The smallest absolute Gasteiger partial charge is 0.131 e. The van der Waals surface area contributed by atoms with E-state index in [1.165, 1.54) is 17.5 Å². The van der Waals surface area contributed by atoms with E-state index in [9.17, 15) is 5.11 Å². The van der Waals surface area contributed by atoms with Crippen molar-refractivity contribution in [2.45, 2.75) is 13.0 Å². The Morgan fingerprint density at radius 1 is 1.53 bits per heavy atom. The molecule has 5 heteroatoms. The summed E-state index contributed by atoms with van der Waals surface area (Å²) in [5, 5.41) is 10.7. The van der Waals surface area contributed by atoms with Crippen molar-refractivity contribution < 1.29 is 9.84 Å². The third kappa shape index (κ3) is 2.97. The van der Waals surface area contributed by atoms with E-state index in [1.54, 1.807) is 0 Å². The van der Waals surface area contributed by atoms with Gasteiger partial charge in [0.25, 0.3) is 0 Å². The van der Waals surface area contributed by atoms with Crippen molar-refractivity contribution in [1.29, 1.82) is 0 Å². The number of rotatable bonds is 4. The van der Waals surface area contributed by atoms with Gasteiger partial charge in [-0.2, -0.15) is 0 Å². The minimum atomic E-state index is -0.757. The summed E-state index contributed by atoms with van der Waals surface area (Å²) in [5.74, 6) is 0.742. The average molecular weight is 270 g/mol. The molecule has 1 N–H and O–H groups in total. The highest BCUT2D eigenvalue weighted by atomic mass is 35.5. The fourth-order valence-corrected chi connectivity index (χ4v) is 2.42. The molecule has 0 fully saturated rings. The number of nitrogens with zero attached hydrogens (tertiary/aromatic N) is 1. The largest absolute Gasteiger partial charge is 0.494 e. The first-order valence-corrected chi connectivity index (χ1v) is 6.42. The van der Waals surface area contributed by atoms with Gasteiger partial charge in [-0.3, -0.25) is 0 Å². The van der Waals surface area contributed by atoms with Crippen LogP contribution in [0, 0.1) is 0 Å². The zero-order chi connectivity index (χ0) is 12.3. The molecule has 1 aromatic carbocycles. The van der Waals surface area contributed by atoms with Crippen molar-refractivity contribution in [3.63, 3.8) is 0 Å². The summed E-state index contributed by atoms with van der Waals surface area (Å²) in [5.41, 5.74) is 0.752. The van der Waals surface area contributed by atoms with Crippen LogP contribution in [-0.2, 0) is 0 Å². The van der Waals surface area contributed by atoms with E-state index in [-0.39, 0.29) is 0 Å². The molecular weight excluding hydrogens is 258 g/mol. The van der Waals surface area contributed by atoms with Crippen LogP contribution in [0.4, 0.5) is 0 Å². The Kier molecular flexibility index (Phi) is 3.99. The van der Waals surface area contributed by atoms with Crippen molar-refractivity contribution in [1.82, 2.24) is 4.98 Å². The minimum absolute atomic E-state index is 0.569. The molecule has 1 heterocycles. The third-order valence-corrected chi connectivity index (χ3v) is 3.38. The Morgan fingerprint density at radius 3 is 3.00 bits per heavy atom. The monoisotopic (exact) mass is 269 g/mol. The molecule has 0 spiro atoms. The fraction of sp³-hybridized carbons (Fsp3) is 0.250. The lowest BCUT2D eigenvalue weighted by atomic mass is 10.1. The SMILES string of the molecule is CCOc1cccc(C(O)c2ncc(Cl)s2)c1. The molecule has 1 unspecified atom stereocenters. The zero-order valence-electron chi connectivity index (χ0n) is 9.26. The van der Waals surface area contributed by atoms with Gasteiger partial charge < -0.3 is 9.84 Å². The van der Waals surface area contributed by atoms with Crippen molar-refractivity contribution in [2.24, 2.45) is 0 Å². The first kappa shape index (κ1) is 12.4. The summed E-state index contributed by atoms with van der Waals surface area (Å²) in [6, 6.07) is 7.35. The number of ether oxygens (including phenoxy) is 1. The maximum atomic E-state index is 10.1. The van der Waals surface area contributed by atoms with Crippen molar-refractivity contribution in [3.05, 3.63) is 45.4 Å². The van der Waals surface area contributed by atoms with E-state index in [4.69, 9.17) is 16.3 Å². The molecule has 2 rings (SSSR count). The Hall–Kier alpha value is -1.10. The summed E-state index contributed by atoms with van der Waals surface area (Å²) in [4.78, 5) is 4.06. The maximum absolute atomic E-state index is 10.1. The van der Waals surface area contributed by atoms with Crippen LogP contribution < -0.4 is 4.74 Å². The van der Waals surface area contributed by atoms with Crippen LogP contribution in [0.1, 0.15) is 23.6 Å². The molecule has 0 saturated heterocycles. The van der Waals surface area contributed by atoms with Gasteiger partial charge in [0.1, 0.15) is 21.2 Å². The molecule has 1 aromatic heterocycles. The van der Waals surface area contributed by atoms with E-state index >= 15 is 0 Å². The lowest BCUT2D eigenvalue weighted by Gasteiger charge is -2.10. The van der Waals surface area contributed by atoms with Crippen LogP contribution in [0.3, 0.4) is 0 Å². The summed E-state index contributed by atoms with van der Waals surface area (Å²) in [6.45, 7) is 2.52. The standard InChI is InChI=1S/C12H12ClNO2S/c1-2-16-9-5-3-4-8(6-9)11(15)12-14-7-10(13)17-12/h3-7,11,15H,2H2,1H3. The summed E-state index contributed by atoms with van der Waals surface area (Å²) >= 11 is 7.07. The minimum Gasteiger partial charge on any atom is -0.494 e. The Bertz CT molecular complexity index is 501. The molecule has 90 valence electrons. The van der Waals surface area contributed by atoms with Crippen LogP contribution >= 0.6 is 22.9 Å². The summed E-state index contributed by atoms with van der Waals surface area (Å²) in [6.07, 6.45) is 0.782. The first-order valence-electron chi connectivity index (χ1n) is 5.22. The third-order valence-electron chi connectivity index (χ3n) is 2.21. The highest BCUT2D eigenvalue weighted by molar-refractivity contribution is 7.15. The van der Waals surface area contributed by atoms with E-state index in [2.05, 4.69) is 4.98 Å². The molecule has 0 amide bonds. The number of hydrogen-bond donors (Lipinski definition) is 1. The van der Waals surface area contributed by atoms with Crippen molar-refractivity contribution >= 4 is 22.9 Å². The number of aliphatic hydroxyl groups excluding tert-OH is 1. The molecule has 0 saturated carbocycles. The van der Waals surface area contributed by atoms with Crippen molar-refractivity contribution in [3.8, 4) is 5.75 Å². The van der Waals surface area contributed by atoms with E-state index in [0.29, 0.717) is 16.0 Å². The number of aromatic nitrogens is 1. The molecule has 0 bridgehead atoms. The lowest BCUT2D eigenvalue weighted by Crippen LogP contribution is -2.00. The van der Waals surface area contributed by atoms with Crippen LogP contribution in [-0.4, -0.2) is 16.7 Å². The fourth-order valence-electron chi connectivity index (χ4n) is 1.48. The maximum Gasteiger partial charge on any atom is 0.131 e. The molecular formula is C12H12ClNO2S. The molecule has 0 radical (unpaired) electrons. The number of thiazole rings is 1. The van der Waals surface area contributed by atoms with Gasteiger partial charge in [0, 0.05) is 0 Å². The number of halogens is 1. The van der Waals surface area contributed by atoms with E-state index < -0.39 is 6.10 Å². The normalized spacial score (nSPS) is 12.4. The quantitative estimate of drug-likeness (QED) is 0.926. The Morgan fingerprint density at radius 2 is 2.35 bits per heavy atom. The summed E-state index contributed by atoms with van der Waals surface area (Å²) in [7, 11) is 0. The second-order valence-electron chi connectivity index (χ2n) is 3.41. The molecule has 3 nitrogen and oxygen atoms in total. The topological polar surface area (TPSA) is 42.4 Å². The Balaban J connectivity index is 2.24. The van der Waals surface area contributed by atoms with E-state index in [1.807, 2.05) is 31.2 Å². The van der Waals surface area contributed by atoms with Crippen LogP contribution in [0.5, 0.6) is 5.75 Å². The van der Waals surface area contributed by atoms with Gasteiger partial charge in [-0.1, -0.05) is 23.7 Å². The first-order chi connectivity index (χ1) is 8.20. The van der Waals surface area contributed by atoms with Crippen LogP contribution in [0.2, 0.25) is 4.34 Å². The number of benzene rings is 1. The van der Waals surface area contributed by atoms with Gasteiger partial charge >= 0.3 is 0 Å². The predicted octanol–water partition coefficient (Wildman–Crippen LogP) is 3.28. The molecule has 2 aromatic rings. The van der Waals surface area contributed by atoms with Crippen LogP contribution in [0.15, 0.2) is 30.5 Å². The second kappa shape index (κ2) is 5.49. The number of hydrogen-bond acceptors (Lipinski definition) is 4. The van der Waals surface area contributed by atoms with Gasteiger partial charge in [0.05, 0.1) is 12.8 Å². The van der Waals surface area contributed by atoms with Gasteiger partial charge in [-0.05, 0) is 24.6 Å². The Labute approximate surface area is 109 Å². The predicted molar refractivity (Wildman–Crippen MR) is 68.8 cm³/mol. The highest BCUT2D eigenvalue weighted by Crippen LogP contribution is 2.29. The second-order valence-corrected chi connectivity index (χ2v) is 5.10.